The summed E-state index contributed by atoms with van der Waals surface area (Å²) in [6.07, 6.45) is 5.24. The van der Waals surface area contributed by atoms with E-state index in [1.165, 1.54) is 103 Å². The molecule has 3 heterocycles. The molecule has 0 aliphatic carbocycles. The van der Waals surface area contributed by atoms with E-state index in [-0.39, 0.29) is 18.9 Å². The van der Waals surface area contributed by atoms with Gasteiger partial charge in [0.2, 0.25) is 11.8 Å². The summed E-state index contributed by atoms with van der Waals surface area (Å²) in [6.45, 7) is 2.15. The molecule has 0 radical (unpaired) electrons. The molecule has 23 heteroatoms. The second-order valence-electron chi connectivity index (χ2n) is 22.9. The van der Waals surface area contributed by atoms with E-state index in [0.29, 0.717) is 19.3 Å². The van der Waals surface area contributed by atoms with Gasteiger partial charge in [0.15, 0.2) is 12.6 Å². The number of allylic oxidation sites excluding steroid dienone is 2. The highest BCUT2D eigenvalue weighted by atomic mass is 16.8. The first-order chi connectivity index (χ1) is 39.4. The van der Waals surface area contributed by atoms with Crippen LogP contribution in [-0.4, -0.2) is 215 Å². The number of carbonyl (C=O) groups is 3. The maximum atomic E-state index is 13.4. The summed E-state index contributed by atoms with van der Waals surface area (Å²) in [5.41, 5.74) is 0. The number of aliphatic carboxylic acids is 1. The van der Waals surface area contributed by atoms with E-state index < -0.39 is 148 Å². The number of unbranched alkanes of at least 4 members (excludes halogenated alkanes) is 23. The van der Waals surface area contributed by atoms with Crippen molar-refractivity contribution < 1.29 is 104 Å². The van der Waals surface area contributed by atoms with Crippen LogP contribution in [0, 0.1) is 0 Å². The third kappa shape index (κ3) is 25.4. The molecule has 3 rings (SSSR count). The fourth-order valence-electron chi connectivity index (χ4n) is 10.9. The Morgan fingerprint density at radius 3 is 1.65 bits per heavy atom. The van der Waals surface area contributed by atoms with Gasteiger partial charge in [-0.05, 0) is 38.5 Å². The van der Waals surface area contributed by atoms with Crippen molar-refractivity contribution in [1.29, 1.82) is 0 Å². The fourth-order valence-corrected chi connectivity index (χ4v) is 10.9. The molecule has 0 aromatic rings. The molecular weight excluding hydrogens is 1070 g/mol. The lowest BCUT2D eigenvalue weighted by atomic mass is 9.88. The Kier molecular flexibility index (Phi) is 37.4. The van der Waals surface area contributed by atoms with Crippen LogP contribution >= 0.6 is 0 Å². The average Bonchev–Trinajstić information content (AvgIpc) is 3.60. The monoisotopic (exact) mass is 1180 g/mol. The number of aliphatic hydroxyl groups excluding tert-OH is 11. The van der Waals surface area contributed by atoms with E-state index in [4.69, 9.17) is 28.4 Å². The zero-order valence-electron chi connectivity index (χ0n) is 49.3. The molecule has 3 aliphatic heterocycles. The average molecular weight is 1180 g/mol. The molecule has 0 spiro atoms. The highest BCUT2D eigenvalue weighted by Crippen LogP contribution is 2.38. The van der Waals surface area contributed by atoms with Gasteiger partial charge in [-0.3, -0.25) is 9.59 Å². The van der Waals surface area contributed by atoms with Crippen LogP contribution in [-0.2, 0) is 42.8 Å². The lowest BCUT2D eigenvalue weighted by molar-refractivity contribution is -0.386. The molecule has 2 amide bonds. The lowest BCUT2D eigenvalue weighted by Gasteiger charge is -2.50. The normalized spacial score (nSPS) is 30.2. The fraction of sp³-hybridized carbons (Fsp3) is 0.915. The molecule has 0 aromatic carbocycles. The van der Waals surface area contributed by atoms with Gasteiger partial charge in [0.1, 0.15) is 67.1 Å². The topological polar surface area (TPSA) is 373 Å². The number of aliphatic hydroxyl groups is 11. The zero-order chi connectivity index (χ0) is 60.5. The molecule has 0 saturated carbocycles. The van der Waals surface area contributed by atoms with Crippen LogP contribution in [0.3, 0.4) is 0 Å². The summed E-state index contributed by atoms with van der Waals surface area (Å²) in [5.74, 6) is -6.12. The quantitative estimate of drug-likeness (QED) is 0.0307. The molecule has 480 valence electrons. The summed E-state index contributed by atoms with van der Waals surface area (Å²) in [7, 11) is 0. The van der Waals surface area contributed by atoms with Crippen LogP contribution in [0.2, 0.25) is 0 Å². The number of nitrogens with one attached hydrogen (secondary N) is 2. The Labute approximate surface area is 486 Å². The maximum Gasteiger partial charge on any atom is 0.364 e. The molecule has 14 N–H and O–H groups in total. The molecule has 18 atom stereocenters. The Balaban J connectivity index is 1.66. The Hall–Kier alpha value is -2.53. The highest BCUT2D eigenvalue weighted by Gasteiger charge is 2.60. The standard InChI is InChI=1S/C59H108N2O21/c1-4-6-8-10-12-14-16-18-19-21-22-24-26-28-30-32-41(66)40(61-46(69)33-31-29-27-25-23-20-17-15-13-11-9-7-5-2)38-77-56-51(73)50(72)53(45(37-64)79-56)80-57-52(74)55(49(71)44(36-63)78-57)82-59(58(75)76)34-42(67)47(60-39(3)65)54(81-59)48(70)43(68)35-62/h20,23,40-45,47-57,62-64,66-68,70-74H,4-19,21-22,24-38H2,1-3H3,(H,60,65)(H,61,69)(H,75,76)/b23-20-. The van der Waals surface area contributed by atoms with Crippen molar-refractivity contribution >= 4 is 17.8 Å². The molecule has 82 heavy (non-hydrogen) atoms. The first kappa shape index (κ1) is 73.7. The number of carboxylic acids is 1. The van der Waals surface area contributed by atoms with Crippen molar-refractivity contribution in [1.82, 2.24) is 10.6 Å². The van der Waals surface area contributed by atoms with Gasteiger partial charge in [-0.15, -0.1) is 0 Å². The minimum atomic E-state index is -3.08. The van der Waals surface area contributed by atoms with Gasteiger partial charge in [0, 0.05) is 19.8 Å². The second kappa shape index (κ2) is 41.5. The van der Waals surface area contributed by atoms with E-state index in [9.17, 15) is 75.7 Å². The van der Waals surface area contributed by atoms with Crippen molar-refractivity contribution in [2.24, 2.45) is 0 Å². The van der Waals surface area contributed by atoms with Crippen molar-refractivity contribution in [3.63, 3.8) is 0 Å². The van der Waals surface area contributed by atoms with Crippen LogP contribution in [0.4, 0.5) is 0 Å². The Bertz CT molecular complexity index is 1740. The summed E-state index contributed by atoms with van der Waals surface area (Å²) >= 11 is 0. The van der Waals surface area contributed by atoms with Crippen LogP contribution in [0.5, 0.6) is 0 Å². The largest absolute Gasteiger partial charge is 0.477 e. The first-order valence-electron chi connectivity index (χ1n) is 31.0. The number of hydrogen-bond donors (Lipinski definition) is 14. The van der Waals surface area contributed by atoms with Crippen molar-refractivity contribution in [3.8, 4) is 0 Å². The van der Waals surface area contributed by atoms with Gasteiger partial charge in [-0.2, -0.15) is 0 Å². The van der Waals surface area contributed by atoms with Crippen LogP contribution in [0.1, 0.15) is 207 Å². The van der Waals surface area contributed by atoms with Gasteiger partial charge in [-0.1, -0.05) is 161 Å². The summed E-state index contributed by atoms with van der Waals surface area (Å²) in [4.78, 5) is 38.4. The summed E-state index contributed by atoms with van der Waals surface area (Å²) in [5, 5.41) is 136. The number of amides is 2. The third-order valence-electron chi connectivity index (χ3n) is 16.0. The predicted octanol–water partition coefficient (Wildman–Crippen LogP) is 3.17. The molecule has 18 unspecified atom stereocenters. The number of hydrogen-bond acceptors (Lipinski definition) is 20. The summed E-state index contributed by atoms with van der Waals surface area (Å²) < 4.78 is 34.7. The first-order valence-corrected chi connectivity index (χ1v) is 31.0. The van der Waals surface area contributed by atoms with E-state index in [2.05, 4.69) is 36.6 Å². The highest BCUT2D eigenvalue weighted by molar-refractivity contribution is 5.77. The van der Waals surface area contributed by atoms with Gasteiger partial charge < -0.3 is 100 Å². The maximum absolute atomic E-state index is 13.4. The molecule has 3 saturated heterocycles. The van der Waals surface area contributed by atoms with Gasteiger partial charge in [-0.25, -0.2) is 4.79 Å². The smallest absolute Gasteiger partial charge is 0.364 e. The van der Waals surface area contributed by atoms with Gasteiger partial charge >= 0.3 is 5.97 Å². The van der Waals surface area contributed by atoms with Gasteiger partial charge in [0.05, 0.1) is 50.7 Å². The Morgan fingerprint density at radius 1 is 0.622 bits per heavy atom. The van der Waals surface area contributed by atoms with Crippen molar-refractivity contribution in [2.75, 3.05) is 26.4 Å². The molecule has 0 aromatic heterocycles. The van der Waals surface area contributed by atoms with Crippen LogP contribution < -0.4 is 10.6 Å². The number of ether oxygens (including phenoxy) is 6. The summed E-state index contributed by atoms with van der Waals surface area (Å²) in [6, 6.07) is -2.53. The second-order valence-corrected chi connectivity index (χ2v) is 22.9. The predicted molar refractivity (Wildman–Crippen MR) is 301 cm³/mol. The third-order valence-corrected chi connectivity index (χ3v) is 16.0. The van der Waals surface area contributed by atoms with Crippen molar-refractivity contribution in [2.45, 2.75) is 317 Å². The molecule has 0 bridgehead atoms. The van der Waals surface area contributed by atoms with Gasteiger partial charge in [0.25, 0.3) is 5.79 Å². The van der Waals surface area contributed by atoms with Crippen LogP contribution in [0.25, 0.3) is 0 Å². The SMILES string of the molecule is CCCCCCCC/C=C\CCCCCC(=O)NC(COC1OC(CO)C(OC2OC(CO)C(O)C(OC3(C(=O)O)CC(O)C(NC(C)=O)C(C(O)C(O)CO)O3)C2O)C(O)C1O)C(O)CCCCCCCCCCCCCCCCC. The molecule has 3 fully saturated rings. The van der Waals surface area contributed by atoms with Crippen molar-refractivity contribution in [3.05, 3.63) is 12.2 Å². The number of rotatable bonds is 45. The number of carbonyl (C=O) groups excluding carboxylic acids is 2. The van der Waals surface area contributed by atoms with E-state index in [0.717, 1.165) is 58.3 Å². The van der Waals surface area contributed by atoms with Crippen LogP contribution in [0.15, 0.2) is 12.2 Å². The minimum absolute atomic E-state index is 0.204. The minimum Gasteiger partial charge on any atom is -0.477 e. The molecular formula is C59H108N2O21. The van der Waals surface area contributed by atoms with E-state index in [1.54, 1.807) is 0 Å². The molecule has 23 nitrogen and oxygen atoms in total. The van der Waals surface area contributed by atoms with E-state index >= 15 is 0 Å². The number of carboxylic acid groups (broad SMARTS) is 1. The van der Waals surface area contributed by atoms with E-state index in [1.807, 2.05) is 0 Å². The molecule has 3 aliphatic rings. The Morgan fingerprint density at radius 2 is 1.13 bits per heavy atom. The zero-order valence-corrected chi connectivity index (χ0v) is 49.3. The lowest BCUT2D eigenvalue weighted by Crippen LogP contribution is -2.70.